The summed E-state index contributed by atoms with van der Waals surface area (Å²) < 4.78 is 0. The van der Waals surface area contributed by atoms with Crippen molar-refractivity contribution in [2.75, 3.05) is 39.3 Å². The van der Waals surface area contributed by atoms with Crippen LogP contribution in [0.1, 0.15) is 38.7 Å². The standard InChI is InChI=1S/C19H33N5/c1-3-21-19(23-12-7-18-6-4-10-20-16-18)22-11-5-13-24-14-8-17(2)9-15-24/h4,6,10,16-17H,3,5,7-9,11-15H2,1-2H3,(H2,21,22,23). The monoisotopic (exact) mass is 331 g/mol. The molecule has 0 spiro atoms. The van der Waals surface area contributed by atoms with Crippen molar-refractivity contribution in [1.29, 1.82) is 0 Å². The number of nitrogens with zero attached hydrogens (tertiary/aromatic N) is 3. The van der Waals surface area contributed by atoms with Crippen LogP contribution in [0.25, 0.3) is 0 Å². The molecule has 5 heteroatoms. The first-order valence-corrected chi connectivity index (χ1v) is 9.41. The summed E-state index contributed by atoms with van der Waals surface area (Å²) in [5.41, 5.74) is 1.25. The molecule has 0 amide bonds. The lowest BCUT2D eigenvalue weighted by molar-refractivity contribution is 0.192. The number of aromatic nitrogens is 1. The Balaban J connectivity index is 1.64. The molecule has 24 heavy (non-hydrogen) atoms. The molecule has 2 heterocycles. The van der Waals surface area contributed by atoms with Gasteiger partial charge in [-0.25, -0.2) is 0 Å². The third-order valence-corrected chi connectivity index (χ3v) is 4.55. The zero-order chi connectivity index (χ0) is 17.0. The van der Waals surface area contributed by atoms with Crippen molar-refractivity contribution in [3.63, 3.8) is 0 Å². The lowest BCUT2D eigenvalue weighted by atomic mass is 9.99. The van der Waals surface area contributed by atoms with Crippen LogP contribution in [0.3, 0.4) is 0 Å². The van der Waals surface area contributed by atoms with Crippen LogP contribution in [0.5, 0.6) is 0 Å². The molecule has 1 aromatic rings. The van der Waals surface area contributed by atoms with Gasteiger partial charge in [0, 0.05) is 32.0 Å². The summed E-state index contributed by atoms with van der Waals surface area (Å²) in [7, 11) is 0. The Hall–Kier alpha value is -1.62. The smallest absolute Gasteiger partial charge is 0.191 e. The Morgan fingerprint density at radius 1 is 1.33 bits per heavy atom. The molecule has 134 valence electrons. The number of guanidine groups is 1. The molecule has 0 saturated carbocycles. The van der Waals surface area contributed by atoms with Crippen LogP contribution in [0.4, 0.5) is 0 Å². The lowest BCUT2D eigenvalue weighted by Gasteiger charge is -2.29. The van der Waals surface area contributed by atoms with Gasteiger partial charge < -0.3 is 15.5 Å². The van der Waals surface area contributed by atoms with E-state index in [0.29, 0.717) is 0 Å². The van der Waals surface area contributed by atoms with Gasteiger partial charge in [0.05, 0.1) is 0 Å². The van der Waals surface area contributed by atoms with Gasteiger partial charge in [0.15, 0.2) is 5.96 Å². The molecule has 0 atom stereocenters. The minimum atomic E-state index is 0.877. The molecule has 1 aliphatic heterocycles. The molecule has 0 radical (unpaired) electrons. The van der Waals surface area contributed by atoms with E-state index in [0.717, 1.165) is 44.4 Å². The van der Waals surface area contributed by atoms with Gasteiger partial charge in [0.25, 0.3) is 0 Å². The topological polar surface area (TPSA) is 52.6 Å². The number of hydrogen-bond donors (Lipinski definition) is 2. The first-order chi connectivity index (χ1) is 11.8. The number of hydrogen-bond acceptors (Lipinski definition) is 3. The van der Waals surface area contributed by atoms with Gasteiger partial charge in [-0.05, 0) is 69.8 Å². The van der Waals surface area contributed by atoms with E-state index in [4.69, 9.17) is 4.99 Å². The average molecular weight is 332 g/mol. The third-order valence-electron chi connectivity index (χ3n) is 4.55. The quantitative estimate of drug-likeness (QED) is 0.436. The molecule has 1 aromatic heterocycles. The fourth-order valence-electron chi connectivity index (χ4n) is 2.98. The van der Waals surface area contributed by atoms with Crippen molar-refractivity contribution in [3.05, 3.63) is 30.1 Å². The van der Waals surface area contributed by atoms with Crippen LogP contribution in [0, 0.1) is 5.92 Å². The summed E-state index contributed by atoms with van der Waals surface area (Å²) in [6.45, 7) is 10.8. The number of nitrogens with one attached hydrogen (secondary N) is 2. The van der Waals surface area contributed by atoms with Gasteiger partial charge in [-0.15, -0.1) is 0 Å². The van der Waals surface area contributed by atoms with Crippen molar-refractivity contribution in [3.8, 4) is 0 Å². The largest absolute Gasteiger partial charge is 0.357 e. The van der Waals surface area contributed by atoms with Gasteiger partial charge in [0.1, 0.15) is 0 Å². The van der Waals surface area contributed by atoms with Crippen molar-refractivity contribution in [2.45, 2.75) is 39.5 Å². The summed E-state index contributed by atoms with van der Waals surface area (Å²) in [6, 6.07) is 4.09. The highest BCUT2D eigenvalue weighted by Crippen LogP contribution is 2.15. The Bertz CT molecular complexity index is 466. The van der Waals surface area contributed by atoms with Gasteiger partial charge >= 0.3 is 0 Å². The highest BCUT2D eigenvalue weighted by molar-refractivity contribution is 5.79. The van der Waals surface area contributed by atoms with E-state index in [1.807, 2.05) is 18.5 Å². The molecule has 2 N–H and O–H groups in total. The fraction of sp³-hybridized carbons (Fsp3) is 0.684. The molecule has 1 saturated heterocycles. The van der Waals surface area contributed by atoms with Gasteiger partial charge in [-0.2, -0.15) is 0 Å². The molecule has 1 aliphatic rings. The Kier molecular flexibility index (Phi) is 8.60. The van der Waals surface area contributed by atoms with Crippen LogP contribution in [0.15, 0.2) is 29.5 Å². The second-order valence-electron chi connectivity index (χ2n) is 6.68. The van der Waals surface area contributed by atoms with Gasteiger partial charge in [-0.1, -0.05) is 13.0 Å². The minimum absolute atomic E-state index is 0.877. The molecular weight excluding hydrogens is 298 g/mol. The van der Waals surface area contributed by atoms with Crippen LogP contribution in [0.2, 0.25) is 0 Å². The Morgan fingerprint density at radius 2 is 2.17 bits per heavy atom. The second kappa shape index (κ2) is 11.0. The molecule has 2 rings (SSSR count). The van der Waals surface area contributed by atoms with E-state index in [1.54, 1.807) is 0 Å². The maximum Gasteiger partial charge on any atom is 0.191 e. The van der Waals surface area contributed by atoms with E-state index in [-0.39, 0.29) is 0 Å². The van der Waals surface area contributed by atoms with E-state index in [2.05, 4.69) is 40.4 Å². The fourth-order valence-corrected chi connectivity index (χ4v) is 2.98. The molecule has 5 nitrogen and oxygen atoms in total. The van der Waals surface area contributed by atoms with Gasteiger partial charge in [-0.3, -0.25) is 9.98 Å². The molecular formula is C19H33N5. The number of piperidine rings is 1. The number of likely N-dealkylation sites (tertiary alicyclic amines) is 1. The summed E-state index contributed by atoms with van der Waals surface area (Å²) in [6.07, 6.45) is 8.53. The summed E-state index contributed by atoms with van der Waals surface area (Å²) in [5, 5.41) is 6.73. The second-order valence-corrected chi connectivity index (χ2v) is 6.68. The first-order valence-electron chi connectivity index (χ1n) is 9.41. The maximum absolute atomic E-state index is 4.70. The SMILES string of the molecule is CCNC(=NCCCN1CCC(C)CC1)NCCc1cccnc1. The Labute approximate surface area is 147 Å². The maximum atomic E-state index is 4.70. The predicted octanol–water partition coefficient (Wildman–Crippen LogP) is 2.30. The third kappa shape index (κ3) is 7.30. The van der Waals surface area contributed by atoms with Crippen LogP contribution < -0.4 is 10.6 Å². The predicted molar refractivity (Wildman–Crippen MR) is 101 cm³/mol. The molecule has 0 unspecified atom stereocenters. The highest BCUT2D eigenvalue weighted by atomic mass is 15.2. The summed E-state index contributed by atoms with van der Waals surface area (Å²) in [4.78, 5) is 11.4. The van der Waals surface area contributed by atoms with Crippen LogP contribution in [-0.4, -0.2) is 55.1 Å². The van der Waals surface area contributed by atoms with Crippen molar-refractivity contribution >= 4 is 5.96 Å². The zero-order valence-corrected chi connectivity index (χ0v) is 15.3. The molecule has 0 aliphatic carbocycles. The van der Waals surface area contributed by atoms with Gasteiger partial charge in [0.2, 0.25) is 0 Å². The zero-order valence-electron chi connectivity index (χ0n) is 15.3. The van der Waals surface area contributed by atoms with E-state index >= 15 is 0 Å². The van der Waals surface area contributed by atoms with Crippen LogP contribution >= 0.6 is 0 Å². The Morgan fingerprint density at radius 3 is 2.88 bits per heavy atom. The van der Waals surface area contributed by atoms with E-state index < -0.39 is 0 Å². The normalized spacial score (nSPS) is 17.0. The first kappa shape index (κ1) is 18.7. The molecule has 0 aromatic carbocycles. The van der Waals surface area contributed by atoms with Crippen molar-refractivity contribution in [2.24, 2.45) is 10.9 Å². The van der Waals surface area contributed by atoms with E-state index in [1.165, 1.54) is 38.0 Å². The number of pyridine rings is 1. The van der Waals surface area contributed by atoms with Crippen molar-refractivity contribution in [1.82, 2.24) is 20.5 Å². The van der Waals surface area contributed by atoms with Crippen LogP contribution in [-0.2, 0) is 6.42 Å². The summed E-state index contributed by atoms with van der Waals surface area (Å²) >= 11 is 0. The molecule has 1 fully saturated rings. The number of aliphatic imine (C=N–C) groups is 1. The average Bonchev–Trinajstić information content (AvgIpc) is 2.61. The minimum Gasteiger partial charge on any atom is -0.357 e. The highest BCUT2D eigenvalue weighted by Gasteiger charge is 2.14. The van der Waals surface area contributed by atoms with Crippen molar-refractivity contribution < 1.29 is 0 Å². The molecule has 0 bridgehead atoms. The van der Waals surface area contributed by atoms with E-state index in [9.17, 15) is 0 Å². The summed E-state index contributed by atoms with van der Waals surface area (Å²) in [5.74, 6) is 1.83. The lowest BCUT2D eigenvalue weighted by Crippen LogP contribution is -2.38. The number of rotatable bonds is 8.